The van der Waals surface area contributed by atoms with Crippen molar-refractivity contribution in [2.75, 3.05) is 6.54 Å². The SMILES string of the molecule is Cc1cc(C)c2[nH]c(=O)c(CN(CCc3ccccc3)C(=S)NCc3ccco3)cc2c1. The quantitative estimate of drug-likeness (QED) is 0.398. The fraction of sp³-hybridized carbons (Fsp3) is 0.231. The Labute approximate surface area is 193 Å². The molecule has 6 heteroatoms. The summed E-state index contributed by atoms with van der Waals surface area (Å²) in [5.41, 5.74) is 4.97. The molecule has 0 spiro atoms. The van der Waals surface area contributed by atoms with Gasteiger partial charge < -0.3 is 19.6 Å². The van der Waals surface area contributed by atoms with Crippen LogP contribution in [0.15, 0.2) is 76.1 Å². The average Bonchev–Trinajstić information content (AvgIpc) is 3.30. The smallest absolute Gasteiger partial charge is 0.253 e. The summed E-state index contributed by atoms with van der Waals surface area (Å²) >= 11 is 5.70. The normalized spacial score (nSPS) is 10.9. The zero-order valence-electron chi connectivity index (χ0n) is 18.4. The van der Waals surface area contributed by atoms with E-state index in [4.69, 9.17) is 16.6 Å². The average molecular weight is 446 g/mol. The molecule has 4 rings (SSSR count). The molecule has 0 bridgehead atoms. The Morgan fingerprint density at radius 3 is 2.66 bits per heavy atom. The number of hydrogen-bond donors (Lipinski definition) is 2. The van der Waals surface area contributed by atoms with Gasteiger partial charge in [-0.2, -0.15) is 0 Å². The van der Waals surface area contributed by atoms with Gasteiger partial charge in [0, 0.05) is 12.1 Å². The van der Waals surface area contributed by atoms with Gasteiger partial charge in [0.05, 0.1) is 24.9 Å². The summed E-state index contributed by atoms with van der Waals surface area (Å²) in [6.07, 6.45) is 2.47. The predicted molar refractivity (Wildman–Crippen MR) is 133 cm³/mol. The molecule has 0 amide bonds. The zero-order chi connectivity index (χ0) is 22.5. The lowest BCUT2D eigenvalue weighted by Crippen LogP contribution is -2.41. The topological polar surface area (TPSA) is 61.3 Å². The maximum atomic E-state index is 12.9. The Morgan fingerprint density at radius 2 is 1.91 bits per heavy atom. The zero-order valence-corrected chi connectivity index (χ0v) is 19.2. The molecule has 0 saturated heterocycles. The number of H-pyrrole nitrogens is 1. The number of nitrogens with zero attached hydrogens (tertiary/aromatic N) is 1. The van der Waals surface area contributed by atoms with E-state index in [1.807, 2.05) is 48.2 Å². The third-order valence-corrected chi connectivity index (χ3v) is 5.93. The molecular formula is C26H27N3O2S. The summed E-state index contributed by atoms with van der Waals surface area (Å²) in [6, 6.07) is 20.2. The fourth-order valence-electron chi connectivity index (χ4n) is 3.90. The molecule has 2 N–H and O–H groups in total. The van der Waals surface area contributed by atoms with Crippen molar-refractivity contribution >= 4 is 28.2 Å². The van der Waals surface area contributed by atoms with E-state index in [0.717, 1.165) is 28.6 Å². The highest BCUT2D eigenvalue weighted by molar-refractivity contribution is 7.80. The number of rotatable bonds is 7. The lowest BCUT2D eigenvalue weighted by molar-refractivity contribution is 0.403. The van der Waals surface area contributed by atoms with Gasteiger partial charge in [-0.05, 0) is 73.3 Å². The molecule has 0 saturated carbocycles. The van der Waals surface area contributed by atoms with Gasteiger partial charge in [0.1, 0.15) is 5.76 Å². The molecule has 0 aliphatic heterocycles. The molecular weight excluding hydrogens is 418 g/mol. The van der Waals surface area contributed by atoms with E-state index in [2.05, 4.69) is 41.5 Å². The summed E-state index contributed by atoms with van der Waals surface area (Å²) in [5.74, 6) is 0.810. The second-order valence-corrected chi connectivity index (χ2v) is 8.45. The van der Waals surface area contributed by atoms with Crippen molar-refractivity contribution in [2.45, 2.75) is 33.4 Å². The van der Waals surface area contributed by atoms with Crippen LogP contribution in [0.2, 0.25) is 0 Å². The first-order valence-electron chi connectivity index (χ1n) is 10.7. The number of hydrogen-bond acceptors (Lipinski definition) is 3. The van der Waals surface area contributed by atoms with Crippen molar-refractivity contribution in [3.05, 3.63) is 105 Å². The molecule has 32 heavy (non-hydrogen) atoms. The third-order valence-electron chi connectivity index (χ3n) is 5.53. The molecule has 0 fully saturated rings. The summed E-state index contributed by atoms with van der Waals surface area (Å²) in [6.45, 7) is 5.70. The van der Waals surface area contributed by atoms with Gasteiger partial charge >= 0.3 is 0 Å². The van der Waals surface area contributed by atoms with Crippen molar-refractivity contribution in [3.63, 3.8) is 0 Å². The van der Waals surface area contributed by atoms with Crippen molar-refractivity contribution in [1.29, 1.82) is 0 Å². The number of aromatic amines is 1. The number of furan rings is 1. The fourth-order valence-corrected chi connectivity index (χ4v) is 4.13. The van der Waals surface area contributed by atoms with Crippen LogP contribution in [-0.2, 0) is 19.5 Å². The molecule has 164 valence electrons. The number of pyridine rings is 1. The minimum Gasteiger partial charge on any atom is -0.467 e. The molecule has 0 radical (unpaired) electrons. The highest BCUT2D eigenvalue weighted by Gasteiger charge is 2.14. The van der Waals surface area contributed by atoms with Crippen LogP contribution in [0.5, 0.6) is 0 Å². The van der Waals surface area contributed by atoms with Gasteiger partial charge in [-0.25, -0.2) is 0 Å². The molecule has 5 nitrogen and oxygen atoms in total. The first-order valence-corrected chi connectivity index (χ1v) is 11.1. The first-order chi connectivity index (χ1) is 15.5. The van der Waals surface area contributed by atoms with Crippen molar-refractivity contribution < 1.29 is 4.42 Å². The Morgan fingerprint density at radius 1 is 1.09 bits per heavy atom. The van der Waals surface area contributed by atoms with E-state index in [9.17, 15) is 4.79 Å². The summed E-state index contributed by atoms with van der Waals surface area (Å²) in [7, 11) is 0. The van der Waals surface area contributed by atoms with E-state index in [1.165, 1.54) is 11.1 Å². The van der Waals surface area contributed by atoms with E-state index < -0.39 is 0 Å². The van der Waals surface area contributed by atoms with E-state index >= 15 is 0 Å². The highest BCUT2D eigenvalue weighted by atomic mass is 32.1. The number of aryl methyl sites for hydroxylation is 2. The molecule has 2 aromatic carbocycles. The minimum absolute atomic E-state index is 0.0806. The van der Waals surface area contributed by atoms with E-state index in [1.54, 1.807) is 6.26 Å². The van der Waals surface area contributed by atoms with Crippen LogP contribution in [0.4, 0.5) is 0 Å². The highest BCUT2D eigenvalue weighted by Crippen LogP contribution is 2.19. The molecule has 0 aliphatic carbocycles. The van der Waals surface area contributed by atoms with E-state index in [0.29, 0.717) is 30.3 Å². The van der Waals surface area contributed by atoms with Gasteiger partial charge in [0.15, 0.2) is 5.11 Å². The summed E-state index contributed by atoms with van der Waals surface area (Å²) in [5, 5.41) is 4.90. The maximum absolute atomic E-state index is 12.9. The Kier molecular flexibility index (Phi) is 6.71. The van der Waals surface area contributed by atoms with Crippen LogP contribution in [0.25, 0.3) is 10.9 Å². The van der Waals surface area contributed by atoms with Crippen LogP contribution >= 0.6 is 12.2 Å². The first kappa shape index (κ1) is 21.8. The number of nitrogens with one attached hydrogen (secondary N) is 2. The monoisotopic (exact) mass is 445 g/mol. The summed E-state index contributed by atoms with van der Waals surface area (Å²) in [4.78, 5) is 18.0. The van der Waals surface area contributed by atoms with Crippen molar-refractivity contribution in [3.8, 4) is 0 Å². The summed E-state index contributed by atoms with van der Waals surface area (Å²) < 4.78 is 5.41. The predicted octanol–water partition coefficient (Wildman–Crippen LogP) is 4.86. The molecule has 0 atom stereocenters. The van der Waals surface area contributed by atoms with Crippen molar-refractivity contribution in [2.24, 2.45) is 0 Å². The van der Waals surface area contributed by atoms with Crippen LogP contribution in [-0.4, -0.2) is 21.5 Å². The van der Waals surface area contributed by atoms with Crippen LogP contribution < -0.4 is 10.9 Å². The van der Waals surface area contributed by atoms with Crippen LogP contribution in [0.1, 0.15) is 28.0 Å². The lowest BCUT2D eigenvalue weighted by atomic mass is 10.0. The largest absolute Gasteiger partial charge is 0.467 e. The Bertz CT molecular complexity index is 1260. The van der Waals surface area contributed by atoms with Gasteiger partial charge in [0.25, 0.3) is 5.56 Å². The van der Waals surface area contributed by atoms with Gasteiger partial charge in [-0.1, -0.05) is 42.0 Å². The van der Waals surface area contributed by atoms with Crippen LogP contribution in [0, 0.1) is 13.8 Å². The van der Waals surface area contributed by atoms with Gasteiger partial charge in [0.2, 0.25) is 0 Å². The Hall–Kier alpha value is -3.38. The number of thiocarbonyl (C=S) groups is 1. The van der Waals surface area contributed by atoms with Crippen LogP contribution in [0.3, 0.4) is 0 Å². The molecule has 0 unspecified atom stereocenters. The lowest BCUT2D eigenvalue weighted by Gasteiger charge is -2.26. The molecule has 0 aliphatic rings. The van der Waals surface area contributed by atoms with Crippen molar-refractivity contribution in [1.82, 2.24) is 15.2 Å². The molecule has 2 aromatic heterocycles. The number of benzene rings is 2. The Balaban J connectivity index is 1.57. The number of aromatic nitrogens is 1. The standard InChI is InChI=1S/C26H27N3O2S/c1-18-13-19(2)24-21(14-18)15-22(25(30)28-24)17-29(11-10-20-7-4-3-5-8-20)26(32)27-16-23-9-6-12-31-23/h3-9,12-15H,10-11,16-17H2,1-2H3,(H,27,32)(H,28,30). The minimum atomic E-state index is -0.0806. The number of fused-ring (bicyclic) bond motifs is 1. The molecule has 2 heterocycles. The molecule has 4 aromatic rings. The van der Waals surface area contributed by atoms with E-state index in [-0.39, 0.29) is 5.56 Å². The second-order valence-electron chi connectivity index (χ2n) is 8.06. The third kappa shape index (κ3) is 5.26. The van der Waals surface area contributed by atoms with Gasteiger partial charge in [-0.3, -0.25) is 4.79 Å². The maximum Gasteiger partial charge on any atom is 0.253 e. The second kappa shape index (κ2) is 9.83. The van der Waals surface area contributed by atoms with Gasteiger partial charge in [-0.15, -0.1) is 0 Å².